The molecule has 2 aromatic rings. The largest absolute Gasteiger partial charge is 0.493 e. The normalized spacial score (nSPS) is 16.7. The lowest BCUT2D eigenvalue weighted by atomic mass is 9.99. The third-order valence-electron chi connectivity index (χ3n) is 6.39. The summed E-state index contributed by atoms with van der Waals surface area (Å²) in [6.07, 6.45) is 4.55. The molecule has 0 spiro atoms. The van der Waals surface area contributed by atoms with Gasteiger partial charge in [-0.05, 0) is 80.6 Å². The number of methoxy groups -OCH3 is 2. The van der Waals surface area contributed by atoms with Gasteiger partial charge in [-0.2, -0.15) is 0 Å². The second-order valence-electron chi connectivity index (χ2n) is 8.96. The van der Waals surface area contributed by atoms with Crippen molar-refractivity contribution in [2.75, 3.05) is 33.9 Å². The molecule has 0 amide bonds. The molecule has 0 radical (unpaired) electrons. The SMILES string of the molecule is CCCN1CCCC[C@H]1C(=O)O[C@H](CCc1ccc(OC)c(OC)c1)c1cccc(OCC(=O)O)c1. The quantitative estimate of drug-likeness (QED) is 0.398. The van der Waals surface area contributed by atoms with E-state index in [1.807, 2.05) is 24.3 Å². The molecule has 1 N–H and O–H groups in total. The number of hydrogen-bond donors (Lipinski definition) is 1. The number of ether oxygens (including phenoxy) is 4. The highest BCUT2D eigenvalue weighted by atomic mass is 16.5. The number of aliphatic carboxylic acids is 1. The molecule has 0 unspecified atom stereocenters. The molecule has 2 aromatic carbocycles. The summed E-state index contributed by atoms with van der Waals surface area (Å²) in [5.74, 6) is 0.459. The van der Waals surface area contributed by atoms with Crippen molar-refractivity contribution in [2.24, 2.45) is 0 Å². The summed E-state index contributed by atoms with van der Waals surface area (Å²) < 4.78 is 22.3. The van der Waals surface area contributed by atoms with Crippen LogP contribution in [0.1, 0.15) is 56.3 Å². The van der Waals surface area contributed by atoms with Gasteiger partial charge in [-0.15, -0.1) is 0 Å². The minimum atomic E-state index is -1.05. The van der Waals surface area contributed by atoms with Crippen molar-refractivity contribution in [2.45, 2.75) is 57.6 Å². The molecule has 1 heterocycles. The van der Waals surface area contributed by atoms with Crippen LogP contribution in [0.25, 0.3) is 0 Å². The van der Waals surface area contributed by atoms with Gasteiger partial charge in [-0.25, -0.2) is 4.79 Å². The highest BCUT2D eigenvalue weighted by Crippen LogP contribution is 2.32. The fourth-order valence-electron chi connectivity index (χ4n) is 4.61. The van der Waals surface area contributed by atoms with Crippen molar-refractivity contribution in [3.63, 3.8) is 0 Å². The summed E-state index contributed by atoms with van der Waals surface area (Å²) in [6.45, 7) is 3.45. The van der Waals surface area contributed by atoms with Gasteiger partial charge in [0.25, 0.3) is 0 Å². The van der Waals surface area contributed by atoms with E-state index in [2.05, 4.69) is 11.8 Å². The first-order valence-corrected chi connectivity index (χ1v) is 12.5. The monoisotopic (exact) mass is 499 g/mol. The van der Waals surface area contributed by atoms with Crippen LogP contribution in [0.15, 0.2) is 42.5 Å². The van der Waals surface area contributed by atoms with Crippen LogP contribution in [0.4, 0.5) is 0 Å². The molecular weight excluding hydrogens is 462 g/mol. The van der Waals surface area contributed by atoms with Crippen molar-refractivity contribution in [1.82, 2.24) is 4.90 Å². The second kappa shape index (κ2) is 13.7. The molecular formula is C28H37NO7. The average Bonchev–Trinajstić information content (AvgIpc) is 2.90. The maximum atomic E-state index is 13.4. The Kier molecular flexibility index (Phi) is 10.4. The maximum absolute atomic E-state index is 13.4. The third-order valence-corrected chi connectivity index (χ3v) is 6.39. The molecule has 0 saturated carbocycles. The summed E-state index contributed by atoms with van der Waals surface area (Å²) in [7, 11) is 3.20. The zero-order valence-electron chi connectivity index (χ0n) is 21.4. The molecule has 0 bridgehead atoms. The number of carbonyl (C=O) groups excluding carboxylic acids is 1. The number of rotatable bonds is 13. The van der Waals surface area contributed by atoms with Crippen LogP contribution in [-0.2, 0) is 20.7 Å². The molecule has 3 rings (SSSR count). The van der Waals surface area contributed by atoms with E-state index in [1.165, 1.54) is 0 Å². The zero-order chi connectivity index (χ0) is 25.9. The standard InChI is InChI=1S/C28H37NO7/c1-4-15-29-16-6-5-10-23(29)28(32)36-24(21-8-7-9-22(18-21)35-19-27(30)31)13-11-20-12-14-25(33-2)26(17-20)34-3/h7-9,12,14,17-18,23-24H,4-6,10-11,13,15-16,19H2,1-3H3,(H,30,31)/t23-,24+/m0/s1. The van der Waals surface area contributed by atoms with Crippen molar-refractivity contribution in [1.29, 1.82) is 0 Å². The van der Waals surface area contributed by atoms with Gasteiger partial charge < -0.3 is 24.1 Å². The van der Waals surface area contributed by atoms with Gasteiger partial charge >= 0.3 is 11.9 Å². The first-order chi connectivity index (χ1) is 17.4. The number of carbonyl (C=O) groups is 2. The number of nitrogens with zero attached hydrogens (tertiary/aromatic N) is 1. The topological polar surface area (TPSA) is 94.5 Å². The highest BCUT2D eigenvalue weighted by Gasteiger charge is 2.31. The average molecular weight is 500 g/mol. The van der Waals surface area contributed by atoms with Gasteiger partial charge in [0.1, 0.15) is 17.9 Å². The predicted molar refractivity (Wildman–Crippen MR) is 136 cm³/mol. The van der Waals surface area contributed by atoms with E-state index in [4.69, 9.17) is 24.1 Å². The van der Waals surface area contributed by atoms with Gasteiger partial charge in [0.2, 0.25) is 0 Å². The molecule has 8 heteroatoms. The van der Waals surface area contributed by atoms with Gasteiger partial charge in [0.15, 0.2) is 18.1 Å². The van der Waals surface area contributed by atoms with Gasteiger partial charge in [-0.3, -0.25) is 9.69 Å². The zero-order valence-corrected chi connectivity index (χ0v) is 21.4. The number of carboxylic acid groups (broad SMARTS) is 1. The minimum absolute atomic E-state index is 0.211. The maximum Gasteiger partial charge on any atom is 0.341 e. The lowest BCUT2D eigenvalue weighted by Gasteiger charge is -2.34. The van der Waals surface area contributed by atoms with E-state index in [0.717, 1.165) is 49.9 Å². The third kappa shape index (κ3) is 7.62. The summed E-state index contributed by atoms with van der Waals surface area (Å²) in [5, 5.41) is 8.96. The number of hydrogen-bond acceptors (Lipinski definition) is 7. The van der Waals surface area contributed by atoms with E-state index in [-0.39, 0.29) is 12.0 Å². The van der Waals surface area contributed by atoms with Crippen LogP contribution in [-0.4, -0.2) is 61.9 Å². The number of carboxylic acids is 1. The fourth-order valence-corrected chi connectivity index (χ4v) is 4.61. The Bertz CT molecular complexity index is 1010. The summed E-state index contributed by atoms with van der Waals surface area (Å²) in [6, 6.07) is 12.6. The molecule has 1 aliphatic rings. The van der Waals surface area contributed by atoms with Crippen LogP contribution in [0.3, 0.4) is 0 Å². The van der Waals surface area contributed by atoms with Crippen molar-refractivity contribution < 1.29 is 33.6 Å². The second-order valence-corrected chi connectivity index (χ2v) is 8.96. The number of piperidine rings is 1. The van der Waals surface area contributed by atoms with Crippen LogP contribution in [0, 0.1) is 0 Å². The molecule has 8 nitrogen and oxygen atoms in total. The van der Waals surface area contributed by atoms with Crippen LogP contribution < -0.4 is 14.2 Å². The Hall–Kier alpha value is -3.26. The minimum Gasteiger partial charge on any atom is -0.493 e. The fraction of sp³-hybridized carbons (Fsp3) is 0.500. The van der Waals surface area contributed by atoms with E-state index < -0.39 is 18.7 Å². The Labute approximate surface area is 213 Å². The van der Waals surface area contributed by atoms with E-state index >= 15 is 0 Å². The molecule has 0 aliphatic carbocycles. The van der Waals surface area contributed by atoms with Crippen molar-refractivity contribution >= 4 is 11.9 Å². The molecule has 1 saturated heterocycles. The van der Waals surface area contributed by atoms with Crippen molar-refractivity contribution in [3.8, 4) is 17.2 Å². The summed E-state index contributed by atoms with van der Waals surface area (Å²) >= 11 is 0. The number of benzene rings is 2. The van der Waals surface area contributed by atoms with E-state index in [9.17, 15) is 9.59 Å². The molecule has 2 atom stereocenters. The van der Waals surface area contributed by atoms with Crippen LogP contribution in [0.5, 0.6) is 17.2 Å². The van der Waals surface area contributed by atoms with Crippen LogP contribution >= 0.6 is 0 Å². The molecule has 0 aromatic heterocycles. The van der Waals surface area contributed by atoms with E-state index in [0.29, 0.717) is 30.1 Å². The predicted octanol–water partition coefficient (Wildman–Crippen LogP) is 4.65. The van der Waals surface area contributed by atoms with E-state index in [1.54, 1.807) is 32.4 Å². The number of aryl methyl sites for hydroxylation is 1. The summed E-state index contributed by atoms with van der Waals surface area (Å²) in [4.78, 5) is 26.5. The molecule has 36 heavy (non-hydrogen) atoms. The van der Waals surface area contributed by atoms with Gasteiger partial charge in [0.05, 0.1) is 14.2 Å². The Morgan fingerprint density at radius 2 is 1.89 bits per heavy atom. The molecule has 1 fully saturated rings. The Balaban J connectivity index is 1.81. The lowest BCUT2D eigenvalue weighted by Crippen LogP contribution is -2.46. The smallest absolute Gasteiger partial charge is 0.341 e. The molecule has 1 aliphatic heterocycles. The first kappa shape index (κ1) is 27.3. The lowest BCUT2D eigenvalue weighted by molar-refractivity contribution is -0.157. The summed E-state index contributed by atoms with van der Waals surface area (Å²) in [5.41, 5.74) is 1.79. The Morgan fingerprint density at radius 3 is 2.61 bits per heavy atom. The van der Waals surface area contributed by atoms with Crippen LogP contribution in [0.2, 0.25) is 0 Å². The first-order valence-electron chi connectivity index (χ1n) is 12.5. The van der Waals surface area contributed by atoms with Crippen molar-refractivity contribution in [3.05, 3.63) is 53.6 Å². The Morgan fingerprint density at radius 1 is 1.08 bits per heavy atom. The molecule has 196 valence electrons. The number of likely N-dealkylation sites (tertiary alicyclic amines) is 1. The van der Waals surface area contributed by atoms with Gasteiger partial charge in [-0.1, -0.05) is 31.5 Å². The number of esters is 1. The van der Waals surface area contributed by atoms with Gasteiger partial charge in [0, 0.05) is 0 Å². The highest BCUT2D eigenvalue weighted by molar-refractivity contribution is 5.76.